The Balaban J connectivity index is 0.00000110. The molecule has 1 rings (SSSR count). The van der Waals surface area contributed by atoms with Crippen LogP contribution in [0.25, 0.3) is 0 Å². The molecule has 0 saturated heterocycles. The quantitative estimate of drug-likeness (QED) is 0.659. The van der Waals surface area contributed by atoms with Crippen LogP contribution >= 0.6 is 7.82 Å². The SMILES string of the molecule is CC(=O)C(C)(C)c1ccccc1OP(=O)(O)O.[B]CC. The fraction of sp³-hybridized carbons (Fsp3) is 0.462. The third-order valence-corrected chi connectivity index (χ3v) is 3.09. The Morgan fingerprint density at radius 2 is 1.80 bits per heavy atom. The average Bonchev–Trinajstić information content (AvgIpc) is 2.28. The summed E-state index contributed by atoms with van der Waals surface area (Å²) in [5, 5.41) is 0. The Hall–Kier alpha value is -1.10. The van der Waals surface area contributed by atoms with E-state index >= 15 is 0 Å². The molecule has 5 nitrogen and oxygen atoms in total. The lowest BCUT2D eigenvalue weighted by molar-refractivity contribution is -0.121. The number of Topliss-reactive ketones (excluding diaryl/α,β-unsaturated/α-hetero) is 1. The molecule has 0 aliphatic heterocycles. The van der Waals surface area contributed by atoms with Gasteiger partial charge in [-0.1, -0.05) is 31.4 Å². The molecule has 0 aliphatic rings. The Morgan fingerprint density at radius 1 is 1.35 bits per heavy atom. The number of benzene rings is 1. The highest BCUT2D eigenvalue weighted by molar-refractivity contribution is 7.46. The van der Waals surface area contributed by atoms with Gasteiger partial charge in [0.15, 0.2) is 0 Å². The fourth-order valence-corrected chi connectivity index (χ4v) is 1.80. The minimum absolute atomic E-state index is 0.0287. The molecule has 7 heteroatoms. The summed E-state index contributed by atoms with van der Waals surface area (Å²) in [4.78, 5) is 29.1. The van der Waals surface area contributed by atoms with Crippen LogP contribution in [-0.2, 0) is 14.8 Å². The van der Waals surface area contributed by atoms with Gasteiger partial charge in [-0.2, -0.15) is 0 Å². The molecule has 0 bridgehead atoms. The predicted octanol–water partition coefficient (Wildman–Crippen LogP) is 2.62. The van der Waals surface area contributed by atoms with Crippen LogP contribution in [0.4, 0.5) is 0 Å². The molecule has 0 fully saturated rings. The largest absolute Gasteiger partial charge is 0.524 e. The molecule has 0 aromatic heterocycles. The molecule has 0 aliphatic carbocycles. The zero-order valence-electron chi connectivity index (χ0n) is 12.2. The van der Waals surface area contributed by atoms with Gasteiger partial charge in [-0.25, -0.2) is 4.57 Å². The molecule has 0 unspecified atom stereocenters. The van der Waals surface area contributed by atoms with Crippen molar-refractivity contribution in [3.8, 4) is 5.75 Å². The summed E-state index contributed by atoms with van der Waals surface area (Å²) in [5.41, 5.74) is -0.401. The van der Waals surface area contributed by atoms with E-state index in [1.165, 1.54) is 13.0 Å². The summed E-state index contributed by atoms with van der Waals surface area (Å²) < 4.78 is 15.4. The first kappa shape index (κ1) is 18.9. The highest BCUT2D eigenvalue weighted by Crippen LogP contribution is 2.42. The minimum atomic E-state index is -4.63. The standard InChI is InChI=1S/C11H15O5P.C2H5B/c1-8(12)11(2,3)9-6-4-5-7-10(9)16-17(13,14)15;1-2-3/h4-7H,1-3H3,(H2,13,14,15);2H2,1H3. The molecule has 110 valence electrons. The zero-order chi connectivity index (χ0) is 16.0. The Kier molecular flexibility index (Phi) is 7.21. The van der Waals surface area contributed by atoms with Crippen molar-refractivity contribution in [2.24, 2.45) is 0 Å². The second kappa shape index (κ2) is 7.62. The first-order valence-corrected chi connectivity index (χ1v) is 7.65. The predicted molar refractivity (Wildman–Crippen MR) is 79.1 cm³/mol. The number of phosphoric ester groups is 1. The van der Waals surface area contributed by atoms with E-state index in [0.29, 0.717) is 5.56 Å². The molecule has 0 atom stereocenters. The molecule has 1 aromatic carbocycles. The van der Waals surface area contributed by atoms with Gasteiger partial charge in [-0.15, -0.1) is 0 Å². The maximum Gasteiger partial charge on any atom is 0.524 e. The van der Waals surface area contributed by atoms with Crippen molar-refractivity contribution < 1.29 is 23.7 Å². The van der Waals surface area contributed by atoms with E-state index in [9.17, 15) is 9.36 Å². The van der Waals surface area contributed by atoms with Gasteiger partial charge in [0.05, 0.1) is 13.3 Å². The van der Waals surface area contributed by atoms with Gasteiger partial charge >= 0.3 is 7.82 Å². The van der Waals surface area contributed by atoms with E-state index in [2.05, 4.69) is 4.52 Å². The number of carbonyl (C=O) groups excluding carboxylic acids is 1. The second-order valence-corrected chi connectivity index (χ2v) is 5.83. The average molecular weight is 298 g/mol. The van der Waals surface area contributed by atoms with Crippen molar-refractivity contribution in [3.63, 3.8) is 0 Å². The van der Waals surface area contributed by atoms with E-state index < -0.39 is 13.2 Å². The second-order valence-electron chi connectivity index (χ2n) is 4.67. The van der Waals surface area contributed by atoms with Crippen LogP contribution in [-0.4, -0.2) is 23.4 Å². The Bertz CT molecular complexity index is 495. The topological polar surface area (TPSA) is 83.8 Å². The van der Waals surface area contributed by atoms with Crippen LogP contribution in [0.2, 0.25) is 6.32 Å². The highest BCUT2D eigenvalue weighted by Gasteiger charge is 2.31. The van der Waals surface area contributed by atoms with Gasteiger partial charge in [0, 0.05) is 5.56 Å². The molecule has 0 amide bonds. The van der Waals surface area contributed by atoms with Crippen LogP contribution in [0.15, 0.2) is 24.3 Å². The number of ketones is 1. The molecular formula is C13H20BO5P. The lowest BCUT2D eigenvalue weighted by Crippen LogP contribution is -2.27. The summed E-state index contributed by atoms with van der Waals surface area (Å²) in [7, 11) is 0.222. The third kappa shape index (κ3) is 5.91. The van der Waals surface area contributed by atoms with Crippen molar-refractivity contribution in [2.75, 3.05) is 0 Å². The van der Waals surface area contributed by atoms with Crippen LogP contribution in [0.3, 0.4) is 0 Å². The molecule has 2 N–H and O–H groups in total. The van der Waals surface area contributed by atoms with Crippen LogP contribution in [0.5, 0.6) is 5.75 Å². The molecule has 0 heterocycles. The van der Waals surface area contributed by atoms with Gasteiger partial charge in [0.1, 0.15) is 11.5 Å². The summed E-state index contributed by atoms with van der Waals surface area (Å²) >= 11 is 0. The van der Waals surface area contributed by atoms with Crippen molar-refractivity contribution in [1.29, 1.82) is 0 Å². The third-order valence-electron chi connectivity index (χ3n) is 2.66. The number of rotatable bonds is 4. The van der Waals surface area contributed by atoms with Crippen molar-refractivity contribution in [2.45, 2.75) is 39.4 Å². The number of para-hydroxylation sites is 1. The van der Waals surface area contributed by atoms with Gasteiger partial charge in [-0.05, 0) is 26.8 Å². The van der Waals surface area contributed by atoms with E-state index in [0.717, 1.165) is 6.32 Å². The summed E-state index contributed by atoms with van der Waals surface area (Å²) in [5.74, 6) is -0.0831. The molecule has 2 radical (unpaired) electrons. The monoisotopic (exact) mass is 298 g/mol. The first-order valence-electron chi connectivity index (χ1n) is 6.12. The smallest absolute Gasteiger partial charge is 0.404 e. The minimum Gasteiger partial charge on any atom is -0.404 e. The summed E-state index contributed by atoms with van der Waals surface area (Å²) in [6.07, 6.45) is 0.750. The molecular weight excluding hydrogens is 278 g/mol. The van der Waals surface area contributed by atoms with Gasteiger partial charge < -0.3 is 4.52 Å². The first-order chi connectivity index (χ1) is 9.06. The van der Waals surface area contributed by atoms with E-state index in [-0.39, 0.29) is 11.5 Å². The summed E-state index contributed by atoms with van der Waals surface area (Å²) in [6.45, 7) is 6.68. The number of hydrogen-bond acceptors (Lipinski definition) is 3. The summed E-state index contributed by atoms with van der Waals surface area (Å²) in [6, 6.07) is 6.32. The lowest BCUT2D eigenvalue weighted by Gasteiger charge is -2.24. The zero-order valence-corrected chi connectivity index (χ0v) is 13.1. The number of carbonyl (C=O) groups is 1. The number of phosphoric acid groups is 1. The van der Waals surface area contributed by atoms with Gasteiger partial charge in [0.2, 0.25) is 0 Å². The number of hydrogen-bond donors (Lipinski definition) is 2. The van der Waals surface area contributed by atoms with Crippen LogP contribution in [0.1, 0.15) is 33.3 Å². The van der Waals surface area contributed by atoms with E-state index in [1.54, 1.807) is 32.0 Å². The van der Waals surface area contributed by atoms with E-state index in [1.807, 2.05) is 6.92 Å². The van der Waals surface area contributed by atoms with Crippen LogP contribution < -0.4 is 4.52 Å². The lowest BCUT2D eigenvalue weighted by atomic mass is 9.81. The van der Waals surface area contributed by atoms with Crippen molar-refractivity contribution >= 4 is 21.5 Å². The highest BCUT2D eigenvalue weighted by atomic mass is 31.2. The van der Waals surface area contributed by atoms with Crippen LogP contribution in [0, 0.1) is 0 Å². The Morgan fingerprint density at radius 3 is 2.20 bits per heavy atom. The van der Waals surface area contributed by atoms with Crippen molar-refractivity contribution in [3.05, 3.63) is 29.8 Å². The maximum atomic E-state index is 11.5. The van der Waals surface area contributed by atoms with E-state index in [4.69, 9.17) is 17.6 Å². The Labute approximate surface area is 121 Å². The van der Waals surface area contributed by atoms with Gasteiger partial charge in [-0.3, -0.25) is 14.6 Å². The molecule has 1 aromatic rings. The molecule has 0 spiro atoms. The maximum absolute atomic E-state index is 11.5. The van der Waals surface area contributed by atoms with Gasteiger partial charge in [0.25, 0.3) is 0 Å². The fourth-order valence-electron chi connectivity index (χ4n) is 1.38. The molecule has 20 heavy (non-hydrogen) atoms. The van der Waals surface area contributed by atoms with Crippen molar-refractivity contribution in [1.82, 2.24) is 0 Å². The molecule has 0 saturated carbocycles. The normalized spacial score (nSPS) is 11.3.